The highest BCUT2D eigenvalue weighted by molar-refractivity contribution is 9.10. The molecule has 1 heterocycles. The summed E-state index contributed by atoms with van der Waals surface area (Å²) < 4.78 is 12.2. The minimum atomic E-state index is -0.103. The SMILES string of the molecule is CC1CN(C(C)CNC(=O)COc2ccc(Br)cc2)CC(C)O1. The third-order valence-electron chi connectivity index (χ3n) is 3.85. The Hall–Kier alpha value is -1.11. The topological polar surface area (TPSA) is 50.8 Å². The summed E-state index contributed by atoms with van der Waals surface area (Å²) in [5.41, 5.74) is 0. The zero-order valence-electron chi connectivity index (χ0n) is 13.9. The first kappa shape index (κ1) is 18.2. The van der Waals surface area contributed by atoms with Crippen LogP contribution < -0.4 is 10.1 Å². The first-order chi connectivity index (χ1) is 10.9. The number of nitrogens with one attached hydrogen (secondary N) is 1. The van der Waals surface area contributed by atoms with E-state index < -0.39 is 0 Å². The quantitative estimate of drug-likeness (QED) is 0.818. The summed E-state index contributed by atoms with van der Waals surface area (Å²) in [7, 11) is 0. The molecule has 1 N–H and O–H groups in total. The van der Waals surface area contributed by atoms with Crippen molar-refractivity contribution in [3.8, 4) is 5.75 Å². The zero-order valence-corrected chi connectivity index (χ0v) is 15.5. The van der Waals surface area contributed by atoms with Crippen LogP contribution in [0.15, 0.2) is 28.7 Å². The lowest BCUT2D eigenvalue weighted by molar-refractivity contribution is -0.123. The van der Waals surface area contributed by atoms with E-state index in [1.54, 1.807) is 0 Å². The summed E-state index contributed by atoms with van der Waals surface area (Å²) in [4.78, 5) is 14.3. The van der Waals surface area contributed by atoms with Crippen LogP contribution in [0.3, 0.4) is 0 Å². The number of hydrogen-bond acceptors (Lipinski definition) is 4. The molecule has 6 heteroatoms. The molecule has 3 atom stereocenters. The summed E-state index contributed by atoms with van der Waals surface area (Å²) in [5, 5.41) is 2.94. The van der Waals surface area contributed by atoms with Gasteiger partial charge in [-0.05, 0) is 45.0 Å². The normalized spacial score (nSPS) is 23.3. The maximum absolute atomic E-state index is 11.9. The Balaban J connectivity index is 1.70. The average molecular weight is 385 g/mol. The summed E-state index contributed by atoms with van der Waals surface area (Å²) in [6.07, 6.45) is 0.468. The van der Waals surface area contributed by atoms with E-state index in [-0.39, 0.29) is 30.8 Å². The maximum atomic E-state index is 11.9. The van der Waals surface area contributed by atoms with E-state index in [1.165, 1.54) is 0 Å². The Morgan fingerprint density at radius 3 is 2.57 bits per heavy atom. The average Bonchev–Trinajstić information content (AvgIpc) is 2.51. The molecule has 0 radical (unpaired) electrons. The molecule has 1 aliphatic rings. The van der Waals surface area contributed by atoms with Gasteiger partial charge in [0.05, 0.1) is 12.2 Å². The van der Waals surface area contributed by atoms with Crippen molar-refractivity contribution in [2.75, 3.05) is 26.2 Å². The predicted octanol–water partition coefficient (Wildman–Crippen LogP) is 2.44. The predicted molar refractivity (Wildman–Crippen MR) is 93.7 cm³/mol. The summed E-state index contributed by atoms with van der Waals surface area (Å²) in [5.74, 6) is 0.585. The molecule has 1 aromatic rings. The molecule has 0 aromatic heterocycles. The van der Waals surface area contributed by atoms with Crippen LogP contribution in [0.5, 0.6) is 5.75 Å². The lowest BCUT2D eigenvalue weighted by Gasteiger charge is -2.38. The van der Waals surface area contributed by atoms with E-state index in [9.17, 15) is 4.79 Å². The number of ether oxygens (including phenoxy) is 2. The van der Waals surface area contributed by atoms with Gasteiger partial charge in [-0.2, -0.15) is 0 Å². The molecule has 128 valence electrons. The summed E-state index contributed by atoms with van der Waals surface area (Å²) in [6.45, 7) is 8.74. The van der Waals surface area contributed by atoms with Crippen molar-refractivity contribution in [1.82, 2.24) is 10.2 Å². The molecule has 1 fully saturated rings. The summed E-state index contributed by atoms with van der Waals surface area (Å²) in [6, 6.07) is 7.71. The van der Waals surface area contributed by atoms with Crippen molar-refractivity contribution in [3.63, 3.8) is 0 Å². The van der Waals surface area contributed by atoms with Crippen LogP contribution in [0.1, 0.15) is 20.8 Å². The van der Waals surface area contributed by atoms with Crippen LogP contribution in [0.2, 0.25) is 0 Å². The van der Waals surface area contributed by atoms with Crippen molar-refractivity contribution < 1.29 is 14.3 Å². The molecular weight excluding hydrogens is 360 g/mol. The second-order valence-electron chi connectivity index (χ2n) is 6.11. The van der Waals surface area contributed by atoms with Gasteiger partial charge in [-0.1, -0.05) is 15.9 Å². The lowest BCUT2D eigenvalue weighted by Crippen LogP contribution is -2.52. The molecule has 3 unspecified atom stereocenters. The smallest absolute Gasteiger partial charge is 0.257 e. The van der Waals surface area contributed by atoms with Gasteiger partial charge in [0.2, 0.25) is 0 Å². The number of carbonyl (C=O) groups excluding carboxylic acids is 1. The van der Waals surface area contributed by atoms with Crippen molar-refractivity contribution in [3.05, 3.63) is 28.7 Å². The minimum absolute atomic E-state index is 0.0320. The first-order valence-electron chi connectivity index (χ1n) is 7.98. The van der Waals surface area contributed by atoms with Crippen LogP contribution in [0.4, 0.5) is 0 Å². The second-order valence-corrected chi connectivity index (χ2v) is 7.02. The fourth-order valence-electron chi connectivity index (χ4n) is 2.70. The number of morpholine rings is 1. The van der Waals surface area contributed by atoms with E-state index in [0.29, 0.717) is 12.3 Å². The second kappa shape index (κ2) is 8.66. The number of halogens is 1. The number of amides is 1. The highest BCUT2D eigenvalue weighted by atomic mass is 79.9. The van der Waals surface area contributed by atoms with Crippen molar-refractivity contribution in [2.24, 2.45) is 0 Å². The number of carbonyl (C=O) groups is 1. The van der Waals surface area contributed by atoms with Gasteiger partial charge in [0, 0.05) is 30.1 Å². The molecule has 0 aliphatic carbocycles. The third kappa shape index (κ3) is 6.12. The first-order valence-corrected chi connectivity index (χ1v) is 8.78. The van der Waals surface area contributed by atoms with E-state index in [4.69, 9.17) is 9.47 Å². The van der Waals surface area contributed by atoms with Crippen LogP contribution in [0.25, 0.3) is 0 Å². The monoisotopic (exact) mass is 384 g/mol. The van der Waals surface area contributed by atoms with Crippen LogP contribution in [0, 0.1) is 0 Å². The summed E-state index contributed by atoms with van der Waals surface area (Å²) >= 11 is 3.36. The van der Waals surface area contributed by atoms with Crippen LogP contribution in [-0.2, 0) is 9.53 Å². The largest absolute Gasteiger partial charge is 0.484 e. The van der Waals surface area contributed by atoms with Gasteiger partial charge in [0.15, 0.2) is 6.61 Å². The Kier molecular flexibility index (Phi) is 6.87. The van der Waals surface area contributed by atoms with Gasteiger partial charge < -0.3 is 14.8 Å². The molecule has 2 rings (SSSR count). The molecule has 1 aromatic carbocycles. The molecule has 1 amide bonds. The Labute approximate surface area is 146 Å². The van der Waals surface area contributed by atoms with Crippen molar-refractivity contribution in [2.45, 2.75) is 39.0 Å². The maximum Gasteiger partial charge on any atom is 0.257 e. The third-order valence-corrected chi connectivity index (χ3v) is 4.38. The van der Waals surface area contributed by atoms with Crippen LogP contribution >= 0.6 is 15.9 Å². The van der Waals surface area contributed by atoms with Crippen molar-refractivity contribution >= 4 is 21.8 Å². The van der Waals surface area contributed by atoms with Gasteiger partial charge in [0.1, 0.15) is 5.75 Å². The minimum Gasteiger partial charge on any atom is -0.484 e. The van der Waals surface area contributed by atoms with Gasteiger partial charge in [-0.3, -0.25) is 9.69 Å². The fourth-order valence-corrected chi connectivity index (χ4v) is 2.96. The van der Waals surface area contributed by atoms with E-state index in [2.05, 4.69) is 46.9 Å². The molecule has 23 heavy (non-hydrogen) atoms. The molecule has 1 saturated heterocycles. The molecule has 5 nitrogen and oxygen atoms in total. The van der Waals surface area contributed by atoms with Crippen molar-refractivity contribution in [1.29, 1.82) is 0 Å². The standard InChI is InChI=1S/C17H25BrN2O3/c1-12(20-9-13(2)23-14(3)10-20)8-19-17(21)11-22-16-6-4-15(18)5-7-16/h4-7,12-14H,8-11H2,1-3H3,(H,19,21). The van der Waals surface area contributed by atoms with E-state index >= 15 is 0 Å². The lowest BCUT2D eigenvalue weighted by atomic mass is 10.2. The number of benzene rings is 1. The Morgan fingerprint density at radius 2 is 1.96 bits per heavy atom. The van der Waals surface area contributed by atoms with Gasteiger partial charge in [-0.15, -0.1) is 0 Å². The molecular formula is C17H25BrN2O3. The Morgan fingerprint density at radius 1 is 1.35 bits per heavy atom. The highest BCUT2D eigenvalue weighted by Crippen LogP contribution is 2.16. The highest BCUT2D eigenvalue weighted by Gasteiger charge is 2.25. The molecule has 0 spiro atoms. The number of nitrogens with zero attached hydrogens (tertiary/aromatic N) is 1. The molecule has 0 bridgehead atoms. The Bertz CT molecular complexity index is 499. The van der Waals surface area contributed by atoms with E-state index in [0.717, 1.165) is 17.6 Å². The van der Waals surface area contributed by atoms with E-state index in [1.807, 2.05) is 24.3 Å². The van der Waals surface area contributed by atoms with Gasteiger partial charge in [-0.25, -0.2) is 0 Å². The zero-order chi connectivity index (χ0) is 16.8. The van der Waals surface area contributed by atoms with Gasteiger partial charge >= 0.3 is 0 Å². The number of hydrogen-bond donors (Lipinski definition) is 1. The number of rotatable bonds is 6. The van der Waals surface area contributed by atoms with Gasteiger partial charge in [0.25, 0.3) is 5.91 Å². The molecule has 1 aliphatic heterocycles. The molecule has 0 saturated carbocycles. The fraction of sp³-hybridized carbons (Fsp3) is 0.588. The van der Waals surface area contributed by atoms with Crippen LogP contribution in [-0.4, -0.2) is 55.3 Å².